The molecule has 98 valence electrons. The smallest absolute Gasteiger partial charge is 0.171 e. The quantitative estimate of drug-likeness (QED) is 0.839. The lowest BCUT2D eigenvalue weighted by Gasteiger charge is -2.11. The molecule has 0 atom stereocenters. The maximum absolute atomic E-state index is 5.26. The van der Waals surface area contributed by atoms with Crippen molar-refractivity contribution < 1.29 is 0 Å². The van der Waals surface area contributed by atoms with Crippen molar-refractivity contribution in [2.24, 2.45) is 0 Å². The van der Waals surface area contributed by atoms with Crippen molar-refractivity contribution in [3.05, 3.63) is 58.3 Å². The van der Waals surface area contributed by atoms with Crippen LogP contribution >= 0.6 is 28.1 Å². The largest absolute Gasteiger partial charge is 0.358 e. The van der Waals surface area contributed by atoms with Gasteiger partial charge >= 0.3 is 0 Å². The topological polar surface area (TPSA) is 37.0 Å². The highest BCUT2D eigenvalue weighted by Gasteiger charge is 2.00. The number of benzene rings is 1. The molecular formula is C14H14BrN3S. The monoisotopic (exact) mass is 335 g/mol. The first-order valence-corrected chi connectivity index (χ1v) is 7.05. The molecule has 0 fully saturated rings. The van der Waals surface area contributed by atoms with Gasteiger partial charge in [-0.25, -0.2) is 0 Å². The third-order valence-corrected chi connectivity index (χ3v) is 3.75. The zero-order valence-electron chi connectivity index (χ0n) is 10.5. The average molecular weight is 336 g/mol. The van der Waals surface area contributed by atoms with Crippen molar-refractivity contribution >= 4 is 38.9 Å². The highest BCUT2D eigenvalue weighted by molar-refractivity contribution is 9.10. The highest BCUT2D eigenvalue weighted by Crippen LogP contribution is 2.19. The molecule has 0 saturated heterocycles. The summed E-state index contributed by atoms with van der Waals surface area (Å²) in [6, 6.07) is 9.95. The van der Waals surface area contributed by atoms with Crippen LogP contribution in [0.3, 0.4) is 0 Å². The Bertz CT molecular complexity index is 572. The standard InChI is InChI=1S/C14H14BrN3S/c1-10-8-12(2-3-13(10)15)18-14(19)17-9-11-4-6-16-7-5-11/h2-8H,9H2,1H3,(H2,17,18,19). The summed E-state index contributed by atoms with van der Waals surface area (Å²) in [6.07, 6.45) is 3.54. The Morgan fingerprint density at radius 2 is 2.00 bits per heavy atom. The molecule has 0 bridgehead atoms. The fraction of sp³-hybridized carbons (Fsp3) is 0.143. The maximum Gasteiger partial charge on any atom is 0.171 e. The number of anilines is 1. The van der Waals surface area contributed by atoms with Crippen LogP contribution in [0, 0.1) is 6.92 Å². The number of aromatic nitrogens is 1. The van der Waals surface area contributed by atoms with Crippen molar-refractivity contribution in [1.82, 2.24) is 10.3 Å². The number of nitrogens with zero attached hydrogens (tertiary/aromatic N) is 1. The molecule has 0 amide bonds. The van der Waals surface area contributed by atoms with E-state index >= 15 is 0 Å². The van der Waals surface area contributed by atoms with E-state index in [4.69, 9.17) is 12.2 Å². The first kappa shape index (κ1) is 14.0. The molecule has 0 radical (unpaired) electrons. The first-order valence-electron chi connectivity index (χ1n) is 5.85. The second-order valence-corrected chi connectivity index (χ2v) is 5.39. The summed E-state index contributed by atoms with van der Waals surface area (Å²) in [7, 11) is 0. The van der Waals surface area contributed by atoms with E-state index < -0.39 is 0 Å². The molecule has 2 rings (SSSR count). The summed E-state index contributed by atoms with van der Waals surface area (Å²) in [4.78, 5) is 3.98. The van der Waals surface area contributed by atoms with E-state index in [9.17, 15) is 0 Å². The van der Waals surface area contributed by atoms with Crippen molar-refractivity contribution in [2.45, 2.75) is 13.5 Å². The predicted octanol–water partition coefficient (Wildman–Crippen LogP) is 3.64. The molecule has 3 nitrogen and oxygen atoms in total. The number of hydrogen-bond donors (Lipinski definition) is 2. The number of pyridine rings is 1. The van der Waals surface area contributed by atoms with E-state index in [1.165, 1.54) is 5.56 Å². The molecule has 1 heterocycles. The predicted molar refractivity (Wildman–Crippen MR) is 86.2 cm³/mol. The van der Waals surface area contributed by atoms with Crippen LogP contribution in [0.15, 0.2) is 47.2 Å². The van der Waals surface area contributed by atoms with Gasteiger partial charge in [0.05, 0.1) is 0 Å². The molecule has 0 aliphatic heterocycles. The van der Waals surface area contributed by atoms with Gasteiger partial charge in [0.1, 0.15) is 0 Å². The minimum Gasteiger partial charge on any atom is -0.358 e. The lowest BCUT2D eigenvalue weighted by molar-refractivity contribution is 0.921. The molecule has 19 heavy (non-hydrogen) atoms. The van der Waals surface area contributed by atoms with Gasteiger partial charge in [-0.2, -0.15) is 0 Å². The molecule has 2 N–H and O–H groups in total. The molecule has 0 aliphatic rings. The minimum atomic E-state index is 0.610. The third-order valence-electron chi connectivity index (χ3n) is 2.62. The van der Waals surface area contributed by atoms with Gasteiger partial charge in [0.15, 0.2) is 5.11 Å². The lowest BCUT2D eigenvalue weighted by Crippen LogP contribution is -2.27. The van der Waals surface area contributed by atoms with Gasteiger partial charge in [0, 0.05) is 29.1 Å². The lowest BCUT2D eigenvalue weighted by atomic mass is 10.2. The highest BCUT2D eigenvalue weighted by atomic mass is 79.9. The van der Waals surface area contributed by atoms with Crippen LogP contribution in [0.2, 0.25) is 0 Å². The Balaban J connectivity index is 1.89. The Morgan fingerprint density at radius 1 is 1.26 bits per heavy atom. The van der Waals surface area contributed by atoms with E-state index in [2.05, 4.69) is 31.5 Å². The van der Waals surface area contributed by atoms with E-state index in [-0.39, 0.29) is 0 Å². The summed E-state index contributed by atoms with van der Waals surface area (Å²) in [5, 5.41) is 6.94. The second kappa shape index (κ2) is 6.63. The summed E-state index contributed by atoms with van der Waals surface area (Å²) in [6.45, 7) is 2.73. The second-order valence-electron chi connectivity index (χ2n) is 4.13. The molecule has 1 aromatic heterocycles. The summed E-state index contributed by atoms with van der Waals surface area (Å²) in [5.74, 6) is 0. The van der Waals surface area contributed by atoms with Gasteiger partial charge in [-0.05, 0) is 60.6 Å². The van der Waals surface area contributed by atoms with E-state index in [1.807, 2.05) is 37.3 Å². The van der Waals surface area contributed by atoms with Crippen molar-refractivity contribution in [3.63, 3.8) is 0 Å². The third kappa shape index (κ3) is 4.29. The molecule has 0 aliphatic carbocycles. The summed E-state index contributed by atoms with van der Waals surface area (Å²) in [5.41, 5.74) is 3.29. The van der Waals surface area contributed by atoms with Crippen molar-refractivity contribution in [1.29, 1.82) is 0 Å². The van der Waals surface area contributed by atoms with Gasteiger partial charge in [-0.1, -0.05) is 15.9 Å². The van der Waals surface area contributed by atoms with Gasteiger partial charge in [-0.15, -0.1) is 0 Å². The molecular weight excluding hydrogens is 322 g/mol. The Labute approximate surface area is 126 Å². The fourth-order valence-electron chi connectivity index (χ4n) is 1.58. The first-order chi connectivity index (χ1) is 9.15. The van der Waals surface area contributed by atoms with Gasteiger partial charge in [-0.3, -0.25) is 4.98 Å². The van der Waals surface area contributed by atoms with Crippen LogP contribution in [-0.2, 0) is 6.54 Å². The average Bonchev–Trinajstić information content (AvgIpc) is 2.42. The number of aryl methyl sites for hydroxylation is 1. The number of hydrogen-bond acceptors (Lipinski definition) is 2. The van der Waals surface area contributed by atoms with Crippen LogP contribution in [0.4, 0.5) is 5.69 Å². The maximum atomic E-state index is 5.26. The van der Waals surface area contributed by atoms with E-state index in [0.29, 0.717) is 11.7 Å². The van der Waals surface area contributed by atoms with Crippen molar-refractivity contribution in [3.8, 4) is 0 Å². The number of halogens is 1. The molecule has 0 spiro atoms. The molecule has 0 unspecified atom stereocenters. The molecule has 2 aromatic rings. The van der Waals surface area contributed by atoms with Gasteiger partial charge in [0.2, 0.25) is 0 Å². The number of thiocarbonyl (C=S) groups is 1. The van der Waals surface area contributed by atoms with Crippen LogP contribution in [0.1, 0.15) is 11.1 Å². The molecule has 0 saturated carbocycles. The fourth-order valence-corrected chi connectivity index (χ4v) is 2.02. The Kier molecular flexibility index (Phi) is 4.87. The number of rotatable bonds is 3. The Hall–Kier alpha value is -1.46. The van der Waals surface area contributed by atoms with Gasteiger partial charge in [0.25, 0.3) is 0 Å². The summed E-state index contributed by atoms with van der Waals surface area (Å²) < 4.78 is 1.09. The van der Waals surface area contributed by atoms with Crippen LogP contribution < -0.4 is 10.6 Å². The zero-order chi connectivity index (χ0) is 13.7. The SMILES string of the molecule is Cc1cc(NC(=S)NCc2ccncc2)ccc1Br. The minimum absolute atomic E-state index is 0.610. The zero-order valence-corrected chi connectivity index (χ0v) is 12.9. The van der Waals surface area contributed by atoms with Gasteiger partial charge < -0.3 is 10.6 Å². The summed E-state index contributed by atoms with van der Waals surface area (Å²) >= 11 is 8.74. The molecule has 5 heteroatoms. The van der Waals surface area contributed by atoms with Crippen molar-refractivity contribution in [2.75, 3.05) is 5.32 Å². The van der Waals surface area contributed by atoms with Crippen LogP contribution in [-0.4, -0.2) is 10.1 Å². The van der Waals surface area contributed by atoms with E-state index in [0.717, 1.165) is 15.7 Å². The normalized spacial score (nSPS) is 10.0. The number of nitrogens with one attached hydrogen (secondary N) is 2. The Morgan fingerprint density at radius 3 is 2.68 bits per heavy atom. The van der Waals surface area contributed by atoms with Crippen LogP contribution in [0.5, 0.6) is 0 Å². The van der Waals surface area contributed by atoms with Crippen LogP contribution in [0.25, 0.3) is 0 Å². The van der Waals surface area contributed by atoms with E-state index in [1.54, 1.807) is 12.4 Å². The molecule has 1 aromatic carbocycles.